The number of benzene rings is 2. The lowest BCUT2D eigenvalue weighted by atomic mass is 9.75. The summed E-state index contributed by atoms with van der Waals surface area (Å²) in [4.78, 5) is 45.1. The highest BCUT2D eigenvalue weighted by Crippen LogP contribution is 2.46. The van der Waals surface area contributed by atoms with Crippen LogP contribution in [0, 0.1) is 13.8 Å². The Morgan fingerprint density at radius 1 is 1.04 bits per heavy atom. The first kappa shape index (κ1) is 32.7. The van der Waals surface area contributed by atoms with Gasteiger partial charge in [-0.3, -0.25) is 14.4 Å². The zero-order valence-corrected chi connectivity index (χ0v) is 27.8. The number of nitrogens with zero attached hydrogens (tertiary/aromatic N) is 1. The molecule has 0 saturated carbocycles. The number of fused-ring (bicyclic) bond motifs is 2. The predicted octanol–water partition coefficient (Wildman–Crippen LogP) is 4.23. The van der Waals surface area contributed by atoms with E-state index in [0.717, 1.165) is 40.0 Å². The van der Waals surface area contributed by atoms with Crippen molar-refractivity contribution in [2.45, 2.75) is 64.1 Å². The van der Waals surface area contributed by atoms with Gasteiger partial charge in [-0.25, -0.2) is 0 Å². The van der Waals surface area contributed by atoms with Crippen LogP contribution in [-0.4, -0.2) is 76.1 Å². The molecule has 11 nitrogen and oxygen atoms in total. The molecule has 2 unspecified atom stereocenters. The first-order valence-electron chi connectivity index (χ1n) is 16.3. The molecule has 2 aromatic carbocycles. The van der Waals surface area contributed by atoms with Crippen LogP contribution in [0.15, 0.2) is 41.2 Å². The first-order chi connectivity index (χ1) is 22.7. The zero-order valence-electron chi connectivity index (χ0n) is 27.8. The highest BCUT2D eigenvalue weighted by atomic mass is 16.5. The quantitative estimate of drug-likeness (QED) is 0.316. The average Bonchev–Trinajstić information content (AvgIpc) is 3.34. The molecule has 4 heterocycles. The van der Waals surface area contributed by atoms with Gasteiger partial charge in [-0.2, -0.15) is 0 Å². The number of rotatable bonds is 9. The fraction of sp³-hybridized carbons (Fsp3) is 0.472. The molecule has 47 heavy (non-hydrogen) atoms. The number of aryl methyl sites for hydroxylation is 1. The number of nitrogens with one attached hydrogen (secondary N) is 3. The molecule has 1 spiro atoms. The third kappa shape index (κ3) is 6.03. The van der Waals surface area contributed by atoms with Crippen LogP contribution in [0.4, 0.5) is 11.4 Å². The van der Waals surface area contributed by atoms with E-state index in [1.54, 1.807) is 20.1 Å². The van der Waals surface area contributed by atoms with Gasteiger partial charge in [-0.15, -0.1) is 0 Å². The van der Waals surface area contributed by atoms with E-state index in [9.17, 15) is 14.4 Å². The van der Waals surface area contributed by atoms with Gasteiger partial charge in [-0.1, -0.05) is 12.1 Å². The SMILES string of the molecule is CCN(c1cc(-c2ccc3c(c2)NC(=O)C32CCOCC2)cc(C(=O)NCc2c(OC)cc(C)[nH]c2=O)c1C)C1CCOCC1OC. The van der Waals surface area contributed by atoms with Gasteiger partial charge in [0, 0.05) is 56.1 Å². The van der Waals surface area contributed by atoms with Crippen molar-refractivity contribution in [3.63, 3.8) is 0 Å². The van der Waals surface area contributed by atoms with Crippen LogP contribution in [0.5, 0.6) is 5.75 Å². The molecular weight excluding hydrogens is 600 g/mol. The number of carbonyl (C=O) groups is 2. The average molecular weight is 645 g/mol. The summed E-state index contributed by atoms with van der Waals surface area (Å²) in [5.41, 5.74) is 5.88. The minimum Gasteiger partial charge on any atom is -0.496 e. The molecule has 0 radical (unpaired) electrons. The van der Waals surface area contributed by atoms with Crippen molar-refractivity contribution in [1.29, 1.82) is 0 Å². The summed E-state index contributed by atoms with van der Waals surface area (Å²) < 4.78 is 22.6. The van der Waals surface area contributed by atoms with Gasteiger partial charge < -0.3 is 39.5 Å². The third-order valence-electron chi connectivity index (χ3n) is 10.0. The molecule has 3 aromatic rings. The van der Waals surface area contributed by atoms with Gasteiger partial charge in [0.15, 0.2) is 0 Å². The minimum atomic E-state index is -0.568. The molecule has 2 amide bonds. The van der Waals surface area contributed by atoms with E-state index >= 15 is 0 Å². The van der Waals surface area contributed by atoms with Crippen molar-refractivity contribution in [3.05, 3.63) is 74.7 Å². The molecule has 3 N–H and O–H groups in total. The number of hydrogen-bond donors (Lipinski definition) is 3. The number of hydrogen-bond acceptors (Lipinski definition) is 8. The molecule has 250 valence electrons. The Bertz CT molecular complexity index is 1730. The van der Waals surface area contributed by atoms with E-state index in [1.807, 2.05) is 31.2 Å². The van der Waals surface area contributed by atoms with Crippen molar-refractivity contribution >= 4 is 23.2 Å². The molecule has 6 rings (SSSR count). The van der Waals surface area contributed by atoms with E-state index in [2.05, 4.69) is 33.5 Å². The van der Waals surface area contributed by atoms with Crippen LogP contribution in [0.1, 0.15) is 58.9 Å². The van der Waals surface area contributed by atoms with E-state index in [0.29, 0.717) is 68.4 Å². The predicted molar refractivity (Wildman–Crippen MR) is 180 cm³/mol. The number of ether oxygens (including phenoxy) is 4. The van der Waals surface area contributed by atoms with Gasteiger partial charge in [-0.05, 0) is 86.6 Å². The van der Waals surface area contributed by atoms with E-state index in [1.165, 1.54) is 7.11 Å². The number of aromatic amines is 1. The number of H-pyrrole nitrogens is 1. The van der Waals surface area contributed by atoms with Crippen molar-refractivity contribution < 1.29 is 28.5 Å². The topological polar surface area (TPSA) is 131 Å². The highest BCUT2D eigenvalue weighted by Gasteiger charge is 2.47. The van der Waals surface area contributed by atoms with Crippen LogP contribution in [0.25, 0.3) is 11.1 Å². The molecule has 2 fully saturated rings. The maximum absolute atomic E-state index is 14.0. The Labute approximate surface area is 274 Å². The molecule has 2 saturated heterocycles. The van der Waals surface area contributed by atoms with Crippen LogP contribution < -0.4 is 25.8 Å². The number of amides is 2. The summed E-state index contributed by atoms with van der Waals surface area (Å²) >= 11 is 0. The van der Waals surface area contributed by atoms with Gasteiger partial charge in [0.2, 0.25) is 5.91 Å². The number of carbonyl (C=O) groups excluding carboxylic acids is 2. The van der Waals surface area contributed by atoms with Crippen molar-refractivity contribution in [2.75, 3.05) is 57.4 Å². The lowest BCUT2D eigenvalue weighted by Crippen LogP contribution is -2.50. The maximum atomic E-state index is 14.0. The normalized spacial score (nSPS) is 20.1. The Hall–Kier alpha value is -4.19. The standard InChI is InChI=1S/C36H44N4O7/c1-6-40(29-9-12-47-20-32(29)45-5)30-18-24(23-7-8-27-28(17-23)39-35(43)36(27)10-13-46-14-11-36)16-25(22(30)3)33(41)37-19-26-31(44-4)15-21(2)38-34(26)42/h7-8,15-18,29,32H,6,9-14,19-20H2,1-5H3,(H,37,41)(H,38,42)(H,39,43). The molecule has 3 aliphatic heterocycles. The summed E-state index contributed by atoms with van der Waals surface area (Å²) in [7, 11) is 3.21. The minimum absolute atomic E-state index is 0.00347. The second-order valence-corrected chi connectivity index (χ2v) is 12.6. The number of methoxy groups -OCH3 is 2. The summed E-state index contributed by atoms with van der Waals surface area (Å²) in [5.74, 6) is 0.124. The van der Waals surface area contributed by atoms with Crippen LogP contribution in [0.2, 0.25) is 0 Å². The van der Waals surface area contributed by atoms with Gasteiger partial charge in [0.25, 0.3) is 11.5 Å². The molecule has 2 atom stereocenters. The Kier molecular flexibility index (Phi) is 9.41. The molecule has 1 aromatic heterocycles. The van der Waals surface area contributed by atoms with Crippen molar-refractivity contribution in [2.24, 2.45) is 0 Å². The summed E-state index contributed by atoms with van der Waals surface area (Å²) in [6.45, 7) is 8.74. The smallest absolute Gasteiger partial charge is 0.256 e. The number of pyridine rings is 1. The Morgan fingerprint density at radius 2 is 1.83 bits per heavy atom. The maximum Gasteiger partial charge on any atom is 0.256 e. The zero-order chi connectivity index (χ0) is 33.3. The van der Waals surface area contributed by atoms with E-state index < -0.39 is 5.41 Å². The van der Waals surface area contributed by atoms with Gasteiger partial charge in [0.1, 0.15) is 11.9 Å². The Morgan fingerprint density at radius 3 is 2.55 bits per heavy atom. The van der Waals surface area contributed by atoms with E-state index in [-0.39, 0.29) is 36.1 Å². The van der Waals surface area contributed by atoms with Gasteiger partial charge in [0.05, 0.1) is 37.3 Å². The number of aromatic nitrogens is 1. The van der Waals surface area contributed by atoms with E-state index in [4.69, 9.17) is 18.9 Å². The fourth-order valence-corrected chi connectivity index (χ4v) is 7.39. The summed E-state index contributed by atoms with van der Waals surface area (Å²) in [6, 6.07) is 11.9. The summed E-state index contributed by atoms with van der Waals surface area (Å²) in [6.07, 6.45) is 1.95. The third-order valence-corrected chi connectivity index (χ3v) is 10.0. The molecule has 11 heteroatoms. The second kappa shape index (κ2) is 13.5. The second-order valence-electron chi connectivity index (χ2n) is 12.6. The number of likely N-dealkylation sites (N-methyl/N-ethyl adjacent to an activating group) is 1. The molecule has 3 aliphatic rings. The Balaban J connectivity index is 1.41. The molecule has 0 aliphatic carbocycles. The fourth-order valence-electron chi connectivity index (χ4n) is 7.39. The largest absolute Gasteiger partial charge is 0.496 e. The van der Waals surface area contributed by atoms with Crippen molar-refractivity contribution in [1.82, 2.24) is 10.3 Å². The lowest BCUT2D eigenvalue weighted by molar-refractivity contribution is -0.124. The van der Waals surface area contributed by atoms with Crippen molar-refractivity contribution in [3.8, 4) is 16.9 Å². The lowest BCUT2D eigenvalue weighted by Gasteiger charge is -2.41. The molecular formula is C36H44N4O7. The first-order valence-corrected chi connectivity index (χ1v) is 16.3. The van der Waals surface area contributed by atoms with Crippen LogP contribution >= 0.6 is 0 Å². The number of anilines is 2. The van der Waals surface area contributed by atoms with Crippen LogP contribution in [-0.2, 0) is 31.0 Å². The monoisotopic (exact) mass is 644 g/mol. The highest BCUT2D eigenvalue weighted by molar-refractivity contribution is 6.07. The summed E-state index contributed by atoms with van der Waals surface area (Å²) in [5, 5.41) is 6.10. The molecule has 0 bridgehead atoms. The van der Waals surface area contributed by atoms with Crippen LogP contribution in [0.3, 0.4) is 0 Å². The van der Waals surface area contributed by atoms with Gasteiger partial charge >= 0.3 is 0 Å².